The maximum atomic E-state index is 3.76. The lowest BCUT2D eigenvalue weighted by atomic mass is 9.57. The lowest BCUT2D eigenvalue weighted by Gasteiger charge is -2.49. The second-order valence-electron chi connectivity index (χ2n) is 6.51. The maximum absolute atomic E-state index is 3.76. The van der Waals surface area contributed by atoms with Crippen LogP contribution >= 0.6 is 15.9 Å². The van der Waals surface area contributed by atoms with Gasteiger partial charge in [-0.1, -0.05) is 47.8 Å². The Balaban J connectivity index is 1.72. The second kappa shape index (κ2) is 5.57. The molecule has 0 radical (unpaired) electrons. The van der Waals surface area contributed by atoms with E-state index in [0.717, 1.165) is 12.0 Å². The zero-order chi connectivity index (χ0) is 13.3. The molecule has 1 aromatic carbocycles. The van der Waals surface area contributed by atoms with Crippen molar-refractivity contribution in [1.82, 2.24) is 5.32 Å². The molecule has 0 aromatic heterocycles. The molecule has 0 unspecified atom stereocenters. The van der Waals surface area contributed by atoms with Gasteiger partial charge < -0.3 is 5.32 Å². The van der Waals surface area contributed by atoms with Crippen molar-refractivity contribution < 1.29 is 0 Å². The molecule has 0 heterocycles. The first-order valence-corrected chi connectivity index (χ1v) is 8.50. The topological polar surface area (TPSA) is 12.0 Å². The van der Waals surface area contributed by atoms with Crippen LogP contribution in [0.1, 0.15) is 51.0 Å². The summed E-state index contributed by atoms with van der Waals surface area (Å²) in [4.78, 5) is 0. The third-order valence-electron chi connectivity index (χ3n) is 4.80. The van der Waals surface area contributed by atoms with Gasteiger partial charge >= 0.3 is 0 Å². The number of benzene rings is 1. The minimum Gasteiger partial charge on any atom is -0.313 e. The molecule has 104 valence electrons. The summed E-state index contributed by atoms with van der Waals surface area (Å²) in [5, 5.41) is 3.76. The highest BCUT2D eigenvalue weighted by Crippen LogP contribution is 2.49. The molecule has 0 spiro atoms. The summed E-state index contributed by atoms with van der Waals surface area (Å²) in [6.07, 6.45) is 8.24. The summed E-state index contributed by atoms with van der Waals surface area (Å²) in [6.45, 7) is 3.48. The van der Waals surface area contributed by atoms with Crippen LogP contribution in [0.3, 0.4) is 0 Å². The maximum Gasteiger partial charge on any atom is 0.0178 e. The molecule has 1 N–H and O–H groups in total. The van der Waals surface area contributed by atoms with E-state index in [0.29, 0.717) is 5.41 Å². The van der Waals surface area contributed by atoms with Gasteiger partial charge in [-0.05, 0) is 49.3 Å². The van der Waals surface area contributed by atoms with E-state index in [9.17, 15) is 0 Å². The van der Waals surface area contributed by atoms with E-state index in [-0.39, 0.29) is 0 Å². The van der Waals surface area contributed by atoms with E-state index in [1.54, 1.807) is 0 Å². The Hall–Kier alpha value is -0.340. The van der Waals surface area contributed by atoms with E-state index < -0.39 is 0 Å². The minimum absolute atomic E-state index is 0.409. The zero-order valence-electron chi connectivity index (χ0n) is 11.8. The van der Waals surface area contributed by atoms with Crippen LogP contribution in [0, 0.1) is 5.92 Å². The molecule has 0 atom stereocenters. The van der Waals surface area contributed by atoms with Crippen LogP contribution in [-0.4, -0.2) is 12.6 Å². The zero-order valence-corrected chi connectivity index (χ0v) is 13.4. The summed E-state index contributed by atoms with van der Waals surface area (Å²) in [5.74, 6) is 0.949. The normalized spacial score (nSPS) is 30.1. The third kappa shape index (κ3) is 3.05. The number of nitrogens with one attached hydrogen (secondary N) is 1. The molecule has 0 aliphatic heterocycles. The minimum atomic E-state index is 0.409. The summed E-state index contributed by atoms with van der Waals surface area (Å²) < 4.78 is 1.22. The molecule has 0 amide bonds. The number of halogens is 1. The fraction of sp³-hybridized carbons (Fsp3) is 0.647. The van der Waals surface area contributed by atoms with Gasteiger partial charge in [0.05, 0.1) is 0 Å². The predicted octanol–water partition coefficient (Wildman–Crippen LogP) is 4.65. The van der Waals surface area contributed by atoms with E-state index in [1.807, 2.05) is 0 Å². The van der Waals surface area contributed by atoms with Gasteiger partial charge in [-0.3, -0.25) is 0 Å². The Morgan fingerprint density at radius 1 is 1.32 bits per heavy atom. The summed E-state index contributed by atoms with van der Waals surface area (Å²) in [5.41, 5.74) is 1.94. The molecule has 2 heteroatoms. The molecule has 2 fully saturated rings. The van der Waals surface area contributed by atoms with Crippen LogP contribution in [0.5, 0.6) is 0 Å². The quantitative estimate of drug-likeness (QED) is 0.804. The van der Waals surface area contributed by atoms with Gasteiger partial charge in [0.25, 0.3) is 0 Å². The van der Waals surface area contributed by atoms with Crippen LogP contribution in [0.25, 0.3) is 0 Å². The molecule has 19 heavy (non-hydrogen) atoms. The summed E-state index contributed by atoms with van der Waals surface area (Å²) in [6, 6.07) is 9.78. The van der Waals surface area contributed by atoms with Crippen LogP contribution in [0.2, 0.25) is 0 Å². The van der Waals surface area contributed by atoms with Crippen molar-refractivity contribution in [3.63, 3.8) is 0 Å². The van der Waals surface area contributed by atoms with Gasteiger partial charge in [-0.15, -0.1) is 0 Å². The molecule has 2 saturated carbocycles. The first kappa shape index (κ1) is 13.6. The van der Waals surface area contributed by atoms with Crippen molar-refractivity contribution in [2.75, 3.05) is 6.54 Å². The molecule has 2 aliphatic carbocycles. The van der Waals surface area contributed by atoms with E-state index in [2.05, 4.69) is 52.4 Å². The number of hydrogen-bond donors (Lipinski definition) is 1. The highest BCUT2D eigenvalue weighted by molar-refractivity contribution is 9.10. The van der Waals surface area contributed by atoms with Gasteiger partial charge in [0, 0.05) is 22.5 Å². The Kier molecular flexibility index (Phi) is 4.00. The number of rotatable bonds is 6. The van der Waals surface area contributed by atoms with Gasteiger partial charge in [0.15, 0.2) is 0 Å². The summed E-state index contributed by atoms with van der Waals surface area (Å²) in [7, 11) is 0. The van der Waals surface area contributed by atoms with Crippen molar-refractivity contribution >= 4 is 15.9 Å². The highest BCUT2D eigenvalue weighted by atomic mass is 79.9. The number of hydrogen-bond acceptors (Lipinski definition) is 1. The van der Waals surface area contributed by atoms with Gasteiger partial charge in [0.2, 0.25) is 0 Å². The van der Waals surface area contributed by atoms with Crippen LogP contribution < -0.4 is 5.32 Å². The molecule has 1 aromatic rings. The van der Waals surface area contributed by atoms with Crippen molar-refractivity contribution in [2.45, 2.75) is 56.9 Å². The van der Waals surface area contributed by atoms with Crippen molar-refractivity contribution in [3.8, 4) is 0 Å². The molecule has 1 nitrogen and oxygen atoms in total. The second-order valence-corrected chi connectivity index (χ2v) is 7.42. The molecule has 2 aliphatic rings. The first-order valence-electron chi connectivity index (χ1n) is 7.71. The average molecular weight is 322 g/mol. The van der Waals surface area contributed by atoms with Gasteiger partial charge in [-0.2, -0.15) is 0 Å². The Morgan fingerprint density at radius 2 is 2.11 bits per heavy atom. The molecular formula is C17H24BrN. The van der Waals surface area contributed by atoms with Crippen molar-refractivity contribution in [3.05, 3.63) is 34.3 Å². The third-order valence-corrected chi connectivity index (χ3v) is 5.29. The Morgan fingerprint density at radius 3 is 2.74 bits per heavy atom. The predicted molar refractivity (Wildman–Crippen MR) is 84.5 cm³/mol. The molecule has 3 rings (SSSR count). The Bertz CT molecular complexity index is 433. The van der Waals surface area contributed by atoms with Gasteiger partial charge in [-0.25, -0.2) is 0 Å². The lowest BCUT2D eigenvalue weighted by Crippen LogP contribution is -2.49. The largest absolute Gasteiger partial charge is 0.313 e. The Labute approximate surface area is 125 Å². The monoisotopic (exact) mass is 321 g/mol. The fourth-order valence-electron chi connectivity index (χ4n) is 3.59. The SMILES string of the molecule is CCCC1CC(CNC2CC2)(c2cccc(Br)c2)C1. The van der Waals surface area contributed by atoms with Gasteiger partial charge in [0.1, 0.15) is 0 Å². The molecule has 0 bridgehead atoms. The molecular weight excluding hydrogens is 298 g/mol. The van der Waals surface area contributed by atoms with Crippen LogP contribution in [0.15, 0.2) is 28.7 Å². The van der Waals surface area contributed by atoms with Crippen molar-refractivity contribution in [2.24, 2.45) is 5.92 Å². The molecule has 0 saturated heterocycles. The van der Waals surface area contributed by atoms with E-state index in [4.69, 9.17) is 0 Å². The first-order chi connectivity index (χ1) is 9.22. The lowest BCUT2D eigenvalue weighted by molar-refractivity contribution is 0.128. The standard InChI is InChI=1S/C17H24BrN/c1-2-4-13-10-17(11-13,12-19-16-7-8-16)14-5-3-6-15(18)9-14/h3,5-6,9,13,16,19H,2,4,7-8,10-12H2,1H3. The fourth-order valence-corrected chi connectivity index (χ4v) is 3.98. The smallest absolute Gasteiger partial charge is 0.0178 e. The van der Waals surface area contributed by atoms with E-state index >= 15 is 0 Å². The highest BCUT2D eigenvalue weighted by Gasteiger charge is 2.45. The van der Waals surface area contributed by atoms with E-state index in [1.165, 1.54) is 55.1 Å². The van der Waals surface area contributed by atoms with Crippen LogP contribution in [-0.2, 0) is 5.41 Å². The summed E-state index contributed by atoms with van der Waals surface area (Å²) >= 11 is 3.63. The van der Waals surface area contributed by atoms with Crippen LogP contribution in [0.4, 0.5) is 0 Å². The van der Waals surface area contributed by atoms with Crippen molar-refractivity contribution in [1.29, 1.82) is 0 Å². The average Bonchev–Trinajstić information content (AvgIpc) is 3.16.